The fraction of sp³-hybridized carbons (Fsp3) is 0.385. The number of fused-ring (bicyclic) bond motifs is 2. The van der Waals surface area contributed by atoms with Crippen LogP contribution in [0.15, 0.2) is 24.4 Å². The number of nitrogens with one attached hydrogen (secondary N) is 2. The molecule has 2 N–H and O–H groups in total. The summed E-state index contributed by atoms with van der Waals surface area (Å²) in [6, 6.07) is 5.03. The second-order valence-electron chi connectivity index (χ2n) is 5.08. The van der Waals surface area contributed by atoms with Crippen LogP contribution >= 0.6 is 0 Å². The van der Waals surface area contributed by atoms with Gasteiger partial charge in [-0.2, -0.15) is 0 Å². The van der Waals surface area contributed by atoms with Gasteiger partial charge < -0.3 is 10.3 Å². The minimum Gasteiger partial charge on any atom is -0.361 e. The van der Waals surface area contributed by atoms with Crippen LogP contribution in [-0.2, 0) is 5.41 Å². The van der Waals surface area contributed by atoms with Gasteiger partial charge in [0, 0.05) is 29.1 Å². The molecule has 2 atom stereocenters. The van der Waals surface area contributed by atoms with Gasteiger partial charge in [-0.25, -0.2) is 4.39 Å². The molecule has 4 rings (SSSR count). The molecule has 2 aromatic rings. The minimum atomic E-state index is -0.171. The number of aromatic nitrogens is 1. The summed E-state index contributed by atoms with van der Waals surface area (Å²) < 4.78 is 13.1. The summed E-state index contributed by atoms with van der Waals surface area (Å²) in [6.07, 6.45) is 3.35. The Morgan fingerprint density at radius 1 is 1.38 bits per heavy atom. The maximum absolute atomic E-state index is 13.1. The van der Waals surface area contributed by atoms with Crippen LogP contribution in [0.25, 0.3) is 10.9 Å². The van der Waals surface area contributed by atoms with E-state index in [-0.39, 0.29) is 5.82 Å². The molecule has 0 radical (unpaired) electrons. The summed E-state index contributed by atoms with van der Waals surface area (Å²) in [5, 5.41) is 4.63. The van der Waals surface area contributed by atoms with Gasteiger partial charge in [-0.1, -0.05) is 0 Å². The van der Waals surface area contributed by atoms with Crippen molar-refractivity contribution in [2.75, 3.05) is 13.1 Å². The molecule has 1 saturated carbocycles. The van der Waals surface area contributed by atoms with Gasteiger partial charge >= 0.3 is 0 Å². The lowest BCUT2D eigenvalue weighted by atomic mass is 9.95. The van der Waals surface area contributed by atoms with Crippen molar-refractivity contribution >= 4 is 10.9 Å². The largest absolute Gasteiger partial charge is 0.361 e. The van der Waals surface area contributed by atoms with E-state index in [9.17, 15) is 4.39 Å². The Morgan fingerprint density at radius 2 is 2.31 bits per heavy atom. The van der Waals surface area contributed by atoms with Gasteiger partial charge in [0.05, 0.1) is 0 Å². The molecule has 1 aromatic heterocycles. The van der Waals surface area contributed by atoms with E-state index in [1.54, 1.807) is 12.1 Å². The lowest BCUT2D eigenvalue weighted by molar-refractivity contribution is 0.629. The number of H-pyrrole nitrogens is 1. The van der Waals surface area contributed by atoms with Crippen molar-refractivity contribution in [3.05, 3.63) is 35.8 Å². The lowest BCUT2D eigenvalue weighted by Gasteiger charge is -2.10. The zero-order chi connectivity index (χ0) is 10.8. The number of piperidine rings is 1. The minimum absolute atomic E-state index is 0.171. The van der Waals surface area contributed by atoms with Gasteiger partial charge in [-0.15, -0.1) is 0 Å². The van der Waals surface area contributed by atoms with Crippen molar-refractivity contribution in [1.29, 1.82) is 0 Å². The number of halogens is 1. The predicted octanol–water partition coefficient (Wildman–Crippen LogP) is 2.17. The SMILES string of the molecule is Fc1ccc2c(C34CNC[C@H]3C4)c[nH]c2c1. The average Bonchev–Trinajstić information content (AvgIpc) is 2.69. The molecule has 1 aliphatic heterocycles. The van der Waals surface area contributed by atoms with E-state index in [1.165, 1.54) is 17.4 Å². The molecule has 2 heterocycles. The smallest absolute Gasteiger partial charge is 0.125 e. The molecule has 0 spiro atoms. The summed E-state index contributed by atoms with van der Waals surface area (Å²) in [6.45, 7) is 2.20. The Bertz CT molecular complexity index is 574. The molecular formula is C13H13FN2. The third-order valence-corrected chi connectivity index (χ3v) is 4.24. The Labute approximate surface area is 92.9 Å². The van der Waals surface area contributed by atoms with Crippen LogP contribution < -0.4 is 5.32 Å². The zero-order valence-corrected chi connectivity index (χ0v) is 8.89. The second kappa shape index (κ2) is 2.66. The number of aromatic amines is 1. The standard InChI is InChI=1S/C13H13FN2/c14-9-1-2-10-11(6-16-12(10)3-9)13-4-8(13)5-15-7-13/h1-3,6,8,15-16H,4-5,7H2/t8-,13?/m1/s1. The van der Waals surface area contributed by atoms with Gasteiger partial charge in [-0.3, -0.25) is 0 Å². The Hall–Kier alpha value is -1.35. The maximum atomic E-state index is 13.1. The average molecular weight is 216 g/mol. The molecule has 2 nitrogen and oxygen atoms in total. The molecule has 2 fully saturated rings. The monoisotopic (exact) mass is 216 g/mol. The van der Waals surface area contributed by atoms with Crippen molar-refractivity contribution in [2.45, 2.75) is 11.8 Å². The fourth-order valence-electron chi connectivity index (χ4n) is 3.27. The summed E-state index contributed by atoms with van der Waals surface area (Å²) in [4.78, 5) is 3.19. The van der Waals surface area contributed by atoms with Gasteiger partial charge in [0.2, 0.25) is 0 Å². The Balaban J connectivity index is 1.93. The first-order valence-electron chi connectivity index (χ1n) is 5.77. The van der Waals surface area contributed by atoms with E-state index in [2.05, 4.69) is 16.5 Å². The van der Waals surface area contributed by atoms with Crippen molar-refractivity contribution < 1.29 is 4.39 Å². The molecule has 1 aliphatic carbocycles. The van der Waals surface area contributed by atoms with Gasteiger partial charge in [0.25, 0.3) is 0 Å². The van der Waals surface area contributed by atoms with Crippen LogP contribution in [0.5, 0.6) is 0 Å². The van der Waals surface area contributed by atoms with Crippen molar-refractivity contribution in [3.63, 3.8) is 0 Å². The summed E-state index contributed by atoms with van der Waals surface area (Å²) in [5.74, 6) is 0.617. The number of rotatable bonds is 1. The second-order valence-corrected chi connectivity index (χ2v) is 5.08. The highest BCUT2D eigenvalue weighted by molar-refractivity contribution is 5.85. The molecule has 16 heavy (non-hydrogen) atoms. The summed E-state index contributed by atoms with van der Waals surface area (Å²) in [5.41, 5.74) is 2.63. The Morgan fingerprint density at radius 3 is 3.06 bits per heavy atom. The number of benzene rings is 1. The third-order valence-electron chi connectivity index (χ3n) is 4.24. The van der Waals surface area contributed by atoms with Crippen LogP contribution in [0, 0.1) is 11.7 Å². The fourth-order valence-corrected chi connectivity index (χ4v) is 3.27. The maximum Gasteiger partial charge on any atom is 0.125 e. The first-order valence-corrected chi connectivity index (χ1v) is 5.77. The molecule has 2 aliphatic rings. The van der Waals surface area contributed by atoms with E-state index in [1.807, 2.05) is 6.07 Å². The molecule has 0 bridgehead atoms. The Kier molecular flexibility index (Phi) is 1.46. The summed E-state index contributed by atoms with van der Waals surface area (Å²) in [7, 11) is 0. The highest BCUT2D eigenvalue weighted by Gasteiger charge is 2.58. The van der Waals surface area contributed by atoms with E-state index in [4.69, 9.17) is 0 Å². The topological polar surface area (TPSA) is 27.8 Å². The van der Waals surface area contributed by atoms with Gasteiger partial charge in [0.15, 0.2) is 0 Å². The van der Waals surface area contributed by atoms with Crippen LogP contribution in [0.4, 0.5) is 4.39 Å². The van der Waals surface area contributed by atoms with E-state index < -0.39 is 0 Å². The molecule has 3 heteroatoms. The molecular weight excluding hydrogens is 203 g/mol. The van der Waals surface area contributed by atoms with Crippen molar-refractivity contribution in [2.24, 2.45) is 5.92 Å². The van der Waals surface area contributed by atoms with E-state index >= 15 is 0 Å². The molecule has 82 valence electrons. The lowest BCUT2D eigenvalue weighted by Crippen LogP contribution is -2.18. The quantitative estimate of drug-likeness (QED) is 0.751. The van der Waals surface area contributed by atoms with E-state index in [0.717, 1.165) is 24.5 Å². The molecule has 1 aromatic carbocycles. The third kappa shape index (κ3) is 0.944. The number of hydrogen-bond acceptors (Lipinski definition) is 1. The first kappa shape index (κ1) is 8.76. The van der Waals surface area contributed by atoms with Gasteiger partial charge in [-0.05, 0) is 42.6 Å². The van der Waals surface area contributed by atoms with Crippen LogP contribution in [0.1, 0.15) is 12.0 Å². The highest BCUT2D eigenvalue weighted by Crippen LogP contribution is 2.57. The van der Waals surface area contributed by atoms with Gasteiger partial charge in [0.1, 0.15) is 5.82 Å². The van der Waals surface area contributed by atoms with Crippen molar-refractivity contribution in [1.82, 2.24) is 10.3 Å². The molecule has 0 amide bonds. The predicted molar refractivity (Wildman–Crippen MR) is 60.9 cm³/mol. The van der Waals surface area contributed by atoms with Crippen LogP contribution in [0.3, 0.4) is 0 Å². The van der Waals surface area contributed by atoms with Crippen LogP contribution in [-0.4, -0.2) is 18.1 Å². The summed E-state index contributed by atoms with van der Waals surface area (Å²) >= 11 is 0. The zero-order valence-electron chi connectivity index (χ0n) is 8.89. The first-order chi connectivity index (χ1) is 7.79. The molecule has 1 saturated heterocycles. The highest BCUT2D eigenvalue weighted by atomic mass is 19.1. The van der Waals surface area contributed by atoms with Crippen molar-refractivity contribution in [3.8, 4) is 0 Å². The van der Waals surface area contributed by atoms with E-state index in [0.29, 0.717) is 5.41 Å². The normalized spacial score (nSPS) is 31.9. The molecule has 1 unspecified atom stereocenters. The van der Waals surface area contributed by atoms with Crippen LogP contribution in [0.2, 0.25) is 0 Å². The number of hydrogen-bond donors (Lipinski definition) is 2.